The highest BCUT2D eigenvalue weighted by atomic mass is 16.2. The van der Waals surface area contributed by atoms with Gasteiger partial charge in [0.05, 0.1) is 18.0 Å². The lowest BCUT2D eigenvalue weighted by molar-refractivity contribution is 0.0501. The van der Waals surface area contributed by atoms with Gasteiger partial charge in [-0.3, -0.25) is 9.69 Å². The van der Waals surface area contributed by atoms with E-state index in [1.54, 1.807) is 12.3 Å². The molecule has 6 nitrogen and oxygen atoms in total. The molecule has 3 rings (SSSR count). The molecule has 0 spiro atoms. The standard InChI is InChI=1S/C12H17N5O/c18-12(10-1-2-14-15-7-10)17-5-3-16(4-6-17)11-8-13-9-11/h1-2,7,11,13H,3-6,8-9H2. The van der Waals surface area contributed by atoms with Gasteiger partial charge in [0, 0.05) is 45.3 Å². The minimum Gasteiger partial charge on any atom is -0.336 e. The molecule has 2 saturated heterocycles. The summed E-state index contributed by atoms with van der Waals surface area (Å²) in [5.74, 6) is 0.0660. The molecular weight excluding hydrogens is 230 g/mol. The van der Waals surface area contributed by atoms with E-state index in [2.05, 4.69) is 20.4 Å². The third-order valence-electron chi connectivity index (χ3n) is 3.71. The van der Waals surface area contributed by atoms with Gasteiger partial charge in [-0.15, -0.1) is 0 Å². The van der Waals surface area contributed by atoms with Crippen molar-refractivity contribution in [2.75, 3.05) is 39.3 Å². The van der Waals surface area contributed by atoms with Crippen molar-refractivity contribution in [3.05, 3.63) is 24.0 Å². The van der Waals surface area contributed by atoms with Crippen LogP contribution in [0.25, 0.3) is 0 Å². The normalized spacial score (nSPS) is 21.7. The minimum absolute atomic E-state index is 0.0660. The van der Waals surface area contributed by atoms with Gasteiger partial charge in [0.1, 0.15) is 0 Å². The van der Waals surface area contributed by atoms with E-state index in [9.17, 15) is 4.79 Å². The predicted octanol–water partition coefficient (Wildman–Crippen LogP) is -0.794. The second-order valence-corrected chi connectivity index (χ2v) is 4.77. The molecule has 1 aromatic heterocycles. The maximum atomic E-state index is 12.2. The Kier molecular flexibility index (Phi) is 3.21. The van der Waals surface area contributed by atoms with Crippen LogP contribution in [0, 0.1) is 0 Å². The highest BCUT2D eigenvalue weighted by Crippen LogP contribution is 2.11. The molecule has 3 heterocycles. The summed E-state index contributed by atoms with van der Waals surface area (Å²) in [5, 5.41) is 10.7. The first-order chi connectivity index (χ1) is 8.84. The number of rotatable bonds is 2. The van der Waals surface area contributed by atoms with E-state index in [1.807, 2.05) is 4.90 Å². The van der Waals surface area contributed by atoms with Gasteiger partial charge >= 0.3 is 0 Å². The van der Waals surface area contributed by atoms with Crippen molar-refractivity contribution in [2.45, 2.75) is 6.04 Å². The Morgan fingerprint density at radius 2 is 2.00 bits per heavy atom. The molecule has 2 aliphatic heterocycles. The summed E-state index contributed by atoms with van der Waals surface area (Å²) in [4.78, 5) is 16.6. The highest BCUT2D eigenvalue weighted by Gasteiger charge is 2.29. The van der Waals surface area contributed by atoms with Crippen LogP contribution in [-0.4, -0.2) is 71.2 Å². The molecule has 0 bridgehead atoms. The second kappa shape index (κ2) is 4.99. The van der Waals surface area contributed by atoms with E-state index < -0.39 is 0 Å². The highest BCUT2D eigenvalue weighted by molar-refractivity contribution is 5.93. The zero-order valence-corrected chi connectivity index (χ0v) is 10.2. The van der Waals surface area contributed by atoms with Gasteiger partial charge in [-0.2, -0.15) is 10.2 Å². The SMILES string of the molecule is O=C(c1ccnnc1)N1CCN(C2CNC2)CC1. The number of nitrogens with zero attached hydrogens (tertiary/aromatic N) is 4. The number of carbonyl (C=O) groups excluding carboxylic acids is 1. The Balaban J connectivity index is 1.57. The molecule has 96 valence electrons. The van der Waals surface area contributed by atoms with Crippen LogP contribution in [-0.2, 0) is 0 Å². The van der Waals surface area contributed by atoms with Gasteiger partial charge in [0.25, 0.3) is 5.91 Å². The van der Waals surface area contributed by atoms with Crippen molar-refractivity contribution in [2.24, 2.45) is 0 Å². The lowest BCUT2D eigenvalue weighted by Gasteiger charge is -2.43. The maximum absolute atomic E-state index is 12.2. The average Bonchev–Trinajstić information content (AvgIpc) is 2.38. The van der Waals surface area contributed by atoms with Crippen LogP contribution in [0.15, 0.2) is 18.5 Å². The number of hydrogen-bond acceptors (Lipinski definition) is 5. The Labute approximate surface area is 106 Å². The number of carbonyl (C=O) groups is 1. The smallest absolute Gasteiger partial charge is 0.255 e. The largest absolute Gasteiger partial charge is 0.336 e. The molecule has 0 aromatic carbocycles. The summed E-state index contributed by atoms with van der Waals surface area (Å²) in [6.45, 7) is 5.72. The molecule has 2 fully saturated rings. The molecule has 6 heteroatoms. The predicted molar refractivity (Wildman–Crippen MR) is 66.2 cm³/mol. The number of nitrogens with one attached hydrogen (secondary N) is 1. The molecule has 1 N–H and O–H groups in total. The lowest BCUT2D eigenvalue weighted by atomic mass is 10.1. The third-order valence-corrected chi connectivity index (χ3v) is 3.71. The van der Waals surface area contributed by atoms with Crippen molar-refractivity contribution in [3.8, 4) is 0 Å². The van der Waals surface area contributed by atoms with E-state index in [0.717, 1.165) is 39.3 Å². The molecule has 18 heavy (non-hydrogen) atoms. The maximum Gasteiger partial charge on any atom is 0.255 e. The molecule has 0 atom stereocenters. The van der Waals surface area contributed by atoms with Gasteiger partial charge in [0.15, 0.2) is 0 Å². The van der Waals surface area contributed by atoms with Gasteiger partial charge in [-0.05, 0) is 6.07 Å². The average molecular weight is 247 g/mol. The van der Waals surface area contributed by atoms with E-state index in [0.29, 0.717) is 11.6 Å². The van der Waals surface area contributed by atoms with Crippen molar-refractivity contribution in [1.82, 2.24) is 25.3 Å². The first kappa shape index (κ1) is 11.6. The van der Waals surface area contributed by atoms with Crippen LogP contribution < -0.4 is 5.32 Å². The molecule has 0 saturated carbocycles. The van der Waals surface area contributed by atoms with Gasteiger partial charge < -0.3 is 10.2 Å². The van der Waals surface area contributed by atoms with Crippen LogP contribution >= 0.6 is 0 Å². The summed E-state index contributed by atoms with van der Waals surface area (Å²) in [5.41, 5.74) is 0.628. The Bertz CT molecular complexity index is 412. The number of piperazine rings is 1. The van der Waals surface area contributed by atoms with Gasteiger partial charge in [-0.1, -0.05) is 0 Å². The first-order valence-corrected chi connectivity index (χ1v) is 6.35. The summed E-state index contributed by atoms with van der Waals surface area (Å²) in [7, 11) is 0. The second-order valence-electron chi connectivity index (χ2n) is 4.77. The third kappa shape index (κ3) is 2.21. The lowest BCUT2D eigenvalue weighted by Crippen LogP contribution is -2.62. The fourth-order valence-corrected chi connectivity index (χ4v) is 2.42. The molecular formula is C12H17N5O. The van der Waals surface area contributed by atoms with Crippen LogP contribution in [0.1, 0.15) is 10.4 Å². The molecule has 0 aliphatic carbocycles. The topological polar surface area (TPSA) is 61.4 Å². The zero-order valence-electron chi connectivity index (χ0n) is 10.2. The van der Waals surface area contributed by atoms with Crippen molar-refractivity contribution < 1.29 is 4.79 Å². The van der Waals surface area contributed by atoms with Crippen LogP contribution in [0.2, 0.25) is 0 Å². The molecule has 0 radical (unpaired) electrons. The summed E-state index contributed by atoms with van der Waals surface area (Å²) in [6, 6.07) is 2.39. The fraction of sp³-hybridized carbons (Fsp3) is 0.583. The number of aromatic nitrogens is 2. The monoisotopic (exact) mass is 247 g/mol. The molecule has 2 aliphatic rings. The molecule has 1 aromatic rings. The van der Waals surface area contributed by atoms with Crippen molar-refractivity contribution in [3.63, 3.8) is 0 Å². The minimum atomic E-state index is 0.0660. The van der Waals surface area contributed by atoms with Crippen LogP contribution in [0.5, 0.6) is 0 Å². The Hall–Kier alpha value is -1.53. The van der Waals surface area contributed by atoms with Gasteiger partial charge in [-0.25, -0.2) is 0 Å². The van der Waals surface area contributed by atoms with E-state index >= 15 is 0 Å². The van der Waals surface area contributed by atoms with Crippen molar-refractivity contribution in [1.29, 1.82) is 0 Å². The van der Waals surface area contributed by atoms with E-state index in [-0.39, 0.29) is 5.91 Å². The number of amides is 1. The van der Waals surface area contributed by atoms with E-state index in [4.69, 9.17) is 0 Å². The first-order valence-electron chi connectivity index (χ1n) is 6.35. The van der Waals surface area contributed by atoms with Gasteiger partial charge in [0.2, 0.25) is 0 Å². The molecule has 1 amide bonds. The number of hydrogen-bond donors (Lipinski definition) is 1. The summed E-state index contributed by atoms with van der Waals surface area (Å²) >= 11 is 0. The summed E-state index contributed by atoms with van der Waals surface area (Å²) < 4.78 is 0. The Morgan fingerprint density at radius 3 is 2.56 bits per heavy atom. The van der Waals surface area contributed by atoms with Crippen molar-refractivity contribution >= 4 is 5.91 Å². The zero-order chi connectivity index (χ0) is 12.4. The van der Waals surface area contributed by atoms with Crippen LogP contribution in [0.4, 0.5) is 0 Å². The fourth-order valence-electron chi connectivity index (χ4n) is 2.42. The molecule has 0 unspecified atom stereocenters. The Morgan fingerprint density at radius 1 is 1.22 bits per heavy atom. The van der Waals surface area contributed by atoms with E-state index in [1.165, 1.54) is 6.20 Å². The summed E-state index contributed by atoms with van der Waals surface area (Å²) in [6.07, 6.45) is 3.09. The van der Waals surface area contributed by atoms with Crippen LogP contribution in [0.3, 0.4) is 0 Å². The quantitative estimate of drug-likeness (QED) is 0.742.